The van der Waals surface area contributed by atoms with Crippen molar-refractivity contribution in [3.8, 4) is 11.5 Å². The number of anilines is 1. The van der Waals surface area contributed by atoms with Gasteiger partial charge in [-0.3, -0.25) is 9.10 Å². The zero-order valence-corrected chi connectivity index (χ0v) is 18.1. The molecular formula is C18H17ClN2O6S2. The fourth-order valence-corrected chi connectivity index (χ4v) is 5.42. The second-order valence-corrected chi connectivity index (χ2v) is 9.06. The van der Waals surface area contributed by atoms with Crippen molar-refractivity contribution in [3.05, 3.63) is 41.0 Å². The summed E-state index contributed by atoms with van der Waals surface area (Å²) < 4.78 is 42.7. The number of fused-ring (bicyclic) bond motifs is 1. The molecule has 0 unspecified atom stereocenters. The Bertz CT molecular complexity index is 1190. The van der Waals surface area contributed by atoms with Crippen molar-refractivity contribution >= 4 is 54.9 Å². The molecule has 0 spiro atoms. The number of hydrogen-bond donors (Lipinski definition) is 1. The van der Waals surface area contributed by atoms with Crippen molar-refractivity contribution in [1.29, 1.82) is 0 Å². The average molecular weight is 457 g/mol. The van der Waals surface area contributed by atoms with Crippen molar-refractivity contribution in [2.24, 2.45) is 0 Å². The predicted octanol–water partition coefficient (Wildman–Crippen LogP) is 3.56. The van der Waals surface area contributed by atoms with Crippen molar-refractivity contribution < 1.29 is 27.8 Å². The molecule has 0 saturated heterocycles. The van der Waals surface area contributed by atoms with E-state index in [1.165, 1.54) is 50.0 Å². The van der Waals surface area contributed by atoms with Gasteiger partial charge in [0.05, 0.1) is 40.2 Å². The third-order valence-electron chi connectivity index (χ3n) is 4.21. The first-order valence-corrected chi connectivity index (χ1v) is 10.8. The highest BCUT2D eigenvalue weighted by Gasteiger charge is 2.30. The maximum atomic E-state index is 13.3. The highest BCUT2D eigenvalue weighted by molar-refractivity contribution is 7.92. The number of nitrogens with zero attached hydrogens (tertiary/aromatic N) is 2. The molecule has 0 bridgehead atoms. The van der Waals surface area contributed by atoms with E-state index in [1.54, 1.807) is 13.0 Å². The van der Waals surface area contributed by atoms with Crippen LogP contribution in [0.25, 0.3) is 10.1 Å². The summed E-state index contributed by atoms with van der Waals surface area (Å²) in [6.45, 7) is 0.972. The van der Waals surface area contributed by atoms with Crippen molar-refractivity contribution in [1.82, 2.24) is 4.37 Å². The SMILES string of the molecule is COc1ccc(S(=O)(=O)N(CC(=O)O)c2cc3c(C)nsc3cc2Cl)cc1OC. The molecule has 0 atom stereocenters. The first-order valence-electron chi connectivity index (χ1n) is 8.21. The van der Waals surface area contributed by atoms with E-state index in [0.717, 1.165) is 9.01 Å². The molecule has 0 aliphatic heterocycles. The molecule has 0 saturated carbocycles. The molecule has 1 aromatic heterocycles. The third-order valence-corrected chi connectivity index (χ3v) is 7.17. The minimum Gasteiger partial charge on any atom is -0.493 e. The predicted molar refractivity (Wildman–Crippen MR) is 111 cm³/mol. The van der Waals surface area contributed by atoms with Gasteiger partial charge < -0.3 is 14.6 Å². The van der Waals surface area contributed by atoms with Gasteiger partial charge in [-0.1, -0.05) is 11.6 Å². The van der Waals surface area contributed by atoms with Gasteiger partial charge in [0.15, 0.2) is 11.5 Å². The number of aryl methyl sites for hydroxylation is 1. The molecule has 0 fully saturated rings. The molecule has 0 radical (unpaired) electrons. The molecule has 29 heavy (non-hydrogen) atoms. The Morgan fingerprint density at radius 1 is 1.21 bits per heavy atom. The van der Waals surface area contributed by atoms with Crippen LogP contribution in [0.15, 0.2) is 35.2 Å². The summed E-state index contributed by atoms with van der Waals surface area (Å²) in [5.41, 5.74) is 0.751. The number of rotatable bonds is 7. The van der Waals surface area contributed by atoms with Gasteiger partial charge in [-0.05, 0) is 42.7 Å². The summed E-state index contributed by atoms with van der Waals surface area (Å²) in [6, 6.07) is 7.14. The fraction of sp³-hybridized carbons (Fsp3) is 0.222. The lowest BCUT2D eigenvalue weighted by molar-refractivity contribution is -0.135. The Kier molecular flexibility index (Phi) is 5.87. The van der Waals surface area contributed by atoms with Gasteiger partial charge in [0.2, 0.25) is 0 Å². The molecule has 1 heterocycles. The van der Waals surface area contributed by atoms with Crippen LogP contribution in [0.1, 0.15) is 5.69 Å². The Balaban J connectivity index is 2.20. The standard InChI is InChI=1S/C18H17ClN2O6S2/c1-10-12-7-14(13(19)8-17(12)28-20-10)21(9-18(22)23)29(24,25)11-4-5-15(26-2)16(6-11)27-3/h4-8H,9H2,1-3H3,(H,22,23). The molecule has 1 N–H and O–H groups in total. The van der Waals surface area contributed by atoms with Crippen molar-refractivity contribution in [3.63, 3.8) is 0 Å². The number of aromatic nitrogens is 1. The lowest BCUT2D eigenvalue weighted by Crippen LogP contribution is -2.36. The lowest BCUT2D eigenvalue weighted by Gasteiger charge is -2.24. The largest absolute Gasteiger partial charge is 0.493 e. The molecule has 0 aliphatic rings. The number of hydrogen-bond acceptors (Lipinski definition) is 7. The van der Waals surface area contributed by atoms with Gasteiger partial charge in [0, 0.05) is 11.5 Å². The first kappa shape index (κ1) is 21.2. The summed E-state index contributed by atoms with van der Waals surface area (Å²) in [6.07, 6.45) is 0. The van der Waals surface area contributed by atoms with Gasteiger partial charge in [0.25, 0.3) is 10.0 Å². The molecule has 0 amide bonds. The van der Waals surface area contributed by atoms with Crippen LogP contribution >= 0.6 is 23.1 Å². The topological polar surface area (TPSA) is 106 Å². The maximum absolute atomic E-state index is 13.3. The van der Waals surface area contributed by atoms with Gasteiger partial charge >= 0.3 is 5.97 Å². The highest BCUT2D eigenvalue weighted by atomic mass is 35.5. The Labute approximate surface area is 176 Å². The van der Waals surface area contributed by atoms with Crippen LogP contribution < -0.4 is 13.8 Å². The number of ether oxygens (including phenoxy) is 2. The Hall–Kier alpha value is -2.56. The van der Waals surface area contributed by atoms with E-state index in [0.29, 0.717) is 16.8 Å². The van der Waals surface area contributed by atoms with Crippen LogP contribution in [0.3, 0.4) is 0 Å². The molecule has 0 aliphatic carbocycles. The Morgan fingerprint density at radius 3 is 2.52 bits per heavy atom. The van der Waals surface area contributed by atoms with E-state index in [4.69, 9.17) is 21.1 Å². The number of carbonyl (C=O) groups is 1. The van der Waals surface area contributed by atoms with Gasteiger partial charge in [-0.2, -0.15) is 4.37 Å². The van der Waals surface area contributed by atoms with E-state index < -0.39 is 22.5 Å². The summed E-state index contributed by atoms with van der Waals surface area (Å²) in [7, 11) is -1.48. The quantitative estimate of drug-likeness (QED) is 0.579. The highest BCUT2D eigenvalue weighted by Crippen LogP contribution is 2.38. The second-order valence-electron chi connectivity index (χ2n) is 5.99. The lowest BCUT2D eigenvalue weighted by atomic mass is 10.2. The van der Waals surface area contributed by atoms with E-state index in [1.807, 2.05) is 0 Å². The van der Waals surface area contributed by atoms with Crippen LogP contribution in [0, 0.1) is 6.92 Å². The molecule has 8 nitrogen and oxygen atoms in total. The number of sulfonamides is 1. The van der Waals surface area contributed by atoms with Crippen LogP contribution in [0.5, 0.6) is 11.5 Å². The number of carboxylic acids is 1. The normalized spacial score (nSPS) is 11.4. The zero-order valence-electron chi connectivity index (χ0n) is 15.7. The van der Waals surface area contributed by atoms with Crippen LogP contribution in [-0.2, 0) is 14.8 Å². The minimum atomic E-state index is -4.28. The fourth-order valence-electron chi connectivity index (χ4n) is 2.79. The third kappa shape index (κ3) is 3.96. The molecular weight excluding hydrogens is 440 g/mol. The zero-order chi connectivity index (χ0) is 21.3. The number of halogens is 1. The van der Waals surface area contributed by atoms with E-state index in [2.05, 4.69) is 4.37 Å². The van der Waals surface area contributed by atoms with Crippen molar-refractivity contribution in [2.75, 3.05) is 25.1 Å². The van der Waals surface area contributed by atoms with Crippen LogP contribution in [0.2, 0.25) is 5.02 Å². The average Bonchev–Trinajstić information content (AvgIpc) is 3.04. The van der Waals surface area contributed by atoms with Crippen LogP contribution in [-0.4, -0.2) is 44.6 Å². The smallest absolute Gasteiger partial charge is 0.324 e. The van der Waals surface area contributed by atoms with Crippen molar-refractivity contribution in [2.45, 2.75) is 11.8 Å². The molecule has 3 aromatic rings. The minimum absolute atomic E-state index is 0.0552. The number of aliphatic carboxylic acids is 1. The monoisotopic (exact) mass is 456 g/mol. The molecule has 2 aromatic carbocycles. The van der Waals surface area contributed by atoms with E-state index >= 15 is 0 Å². The number of methoxy groups -OCH3 is 2. The second kappa shape index (κ2) is 8.05. The van der Waals surface area contributed by atoms with E-state index in [-0.39, 0.29) is 21.4 Å². The van der Waals surface area contributed by atoms with Gasteiger partial charge in [-0.25, -0.2) is 8.42 Å². The molecule has 3 rings (SSSR count). The number of benzene rings is 2. The summed E-state index contributed by atoms with van der Waals surface area (Å²) >= 11 is 7.55. The summed E-state index contributed by atoms with van der Waals surface area (Å²) in [4.78, 5) is 11.3. The summed E-state index contributed by atoms with van der Waals surface area (Å²) in [5.74, 6) is -0.788. The van der Waals surface area contributed by atoms with Crippen LogP contribution in [0.4, 0.5) is 5.69 Å². The van der Waals surface area contributed by atoms with E-state index in [9.17, 15) is 18.3 Å². The number of carboxylic acid groups (broad SMARTS) is 1. The molecule has 11 heteroatoms. The molecule has 154 valence electrons. The Morgan fingerprint density at radius 2 is 1.90 bits per heavy atom. The summed E-state index contributed by atoms with van der Waals surface area (Å²) in [5, 5.41) is 10.2. The maximum Gasteiger partial charge on any atom is 0.324 e. The first-order chi connectivity index (χ1) is 13.7. The van der Waals surface area contributed by atoms with Gasteiger partial charge in [-0.15, -0.1) is 0 Å². The van der Waals surface area contributed by atoms with Gasteiger partial charge in [0.1, 0.15) is 6.54 Å².